The van der Waals surface area contributed by atoms with Gasteiger partial charge in [0.25, 0.3) is 0 Å². The number of nitrogens with zero attached hydrogens (tertiary/aromatic N) is 3. The van der Waals surface area contributed by atoms with Gasteiger partial charge < -0.3 is 4.74 Å². The quantitative estimate of drug-likeness (QED) is 0.456. The van der Waals surface area contributed by atoms with E-state index in [0.29, 0.717) is 43.6 Å². The maximum atomic E-state index is 14.9. The zero-order valence-electron chi connectivity index (χ0n) is 20.6. The minimum atomic E-state index is -3.99. The molecule has 1 saturated heterocycles. The van der Waals surface area contributed by atoms with Crippen LogP contribution in [-0.4, -0.2) is 63.7 Å². The van der Waals surface area contributed by atoms with E-state index in [4.69, 9.17) is 4.74 Å². The Labute approximate surface area is 223 Å². The van der Waals surface area contributed by atoms with Crippen LogP contribution in [0.15, 0.2) is 47.9 Å². The third kappa shape index (κ3) is 6.41. The lowest BCUT2D eigenvalue weighted by Crippen LogP contribution is -2.47. The molecule has 0 bridgehead atoms. The van der Waals surface area contributed by atoms with Crippen molar-refractivity contribution in [1.82, 2.24) is 19.6 Å². The fourth-order valence-electron chi connectivity index (χ4n) is 4.81. The summed E-state index contributed by atoms with van der Waals surface area (Å²) in [7, 11) is -7.68. The van der Waals surface area contributed by atoms with E-state index in [-0.39, 0.29) is 29.1 Å². The summed E-state index contributed by atoms with van der Waals surface area (Å²) in [5.41, 5.74) is 0.922. The summed E-state index contributed by atoms with van der Waals surface area (Å²) in [4.78, 5) is 2.41. The van der Waals surface area contributed by atoms with Gasteiger partial charge in [0.05, 0.1) is 36.1 Å². The second-order valence-corrected chi connectivity index (χ2v) is 13.0. The molecule has 0 spiro atoms. The molecule has 208 valence electrons. The van der Waals surface area contributed by atoms with Gasteiger partial charge in [0, 0.05) is 36.0 Å². The maximum absolute atomic E-state index is 14.9. The van der Waals surface area contributed by atoms with E-state index in [1.165, 1.54) is 34.0 Å². The Morgan fingerprint density at radius 3 is 2.54 bits per heavy atom. The number of hydrogen-bond donors (Lipinski definition) is 1. The highest BCUT2D eigenvalue weighted by molar-refractivity contribution is 7.92. The minimum absolute atomic E-state index is 0.00796. The van der Waals surface area contributed by atoms with E-state index < -0.39 is 49.0 Å². The zero-order valence-corrected chi connectivity index (χ0v) is 22.2. The highest BCUT2D eigenvalue weighted by Gasteiger charge is 2.36. The summed E-state index contributed by atoms with van der Waals surface area (Å²) in [5, 5.41) is 6.72. The molecular formula is C25H25F3N4O5S2. The largest absolute Gasteiger partial charge is 0.379 e. The van der Waals surface area contributed by atoms with Gasteiger partial charge in [-0.2, -0.15) is 5.10 Å². The first-order valence-corrected chi connectivity index (χ1v) is 15.4. The van der Waals surface area contributed by atoms with E-state index in [1.54, 1.807) is 6.07 Å². The molecule has 1 aromatic heterocycles. The molecule has 9 nitrogen and oxygen atoms in total. The molecule has 14 heteroatoms. The van der Waals surface area contributed by atoms with Crippen molar-refractivity contribution in [2.45, 2.75) is 18.1 Å². The molecule has 1 fully saturated rings. The standard InChI is InChI=1S/C25H25F3N4O5S2/c26-19-3-1-2-17(13-19)12-18-15-38(33,34)16-21-23(6-11-39(35,36)30-31-7-9-37-10-8-31)29-32(25(18)21)24-5-4-20(27)14-22(24)28/h1-6,11,13-14,18,30H,7-10,12,15-16H2/b11-6+. The minimum Gasteiger partial charge on any atom is -0.379 e. The van der Waals surface area contributed by atoms with Gasteiger partial charge in [-0.15, -0.1) is 4.83 Å². The normalized spacial score (nSPS) is 19.8. The van der Waals surface area contributed by atoms with Gasteiger partial charge in [0.2, 0.25) is 10.0 Å². The summed E-state index contributed by atoms with van der Waals surface area (Å²) in [6, 6.07) is 8.58. The first-order valence-electron chi connectivity index (χ1n) is 12.0. The van der Waals surface area contributed by atoms with Crippen LogP contribution in [0, 0.1) is 17.5 Å². The monoisotopic (exact) mass is 582 g/mol. The Balaban J connectivity index is 1.60. The molecule has 3 aromatic rings. The number of sulfone groups is 1. The number of morpholine rings is 1. The van der Waals surface area contributed by atoms with Crippen molar-refractivity contribution in [3.8, 4) is 5.69 Å². The van der Waals surface area contributed by atoms with E-state index >= 15 is 0 Å². The number of halogens is 3. The molecule has 0 aliphatic carbocycles. The molecule has 5 rings (SSSR count). The fraction of sp³-hybridized carbons (Fsp3) is 0.320. The van der Waals surface area contributed by atoms with Crippen LogP contribution >= 0.6 is 0 Å². The van der Waals surface area contributed by atoms with Crippen LogP contribution < -0.4 is 4.83 Å². The average molecular weight is 583 g/mol. The molecular weight excluding hydrogens is 557 g/mol. The Bertz CT molecular complexity index is 1630. The van der Waals surface area contributed by atoms with Gasteiger partial charge in [-0.05, 0) is 42.3 Å². The predicted molar refractivity (Wildman–Crippen MR) is 137 cm³/mol. The summed E-state index contributed by atoms with van der Waals surface area (Å²) in [6.45, 7) is 1.41. The Kier molecular flexibility index (Phi) is 7.66. The lowest BCUT2D eigenvalue weighted by molar-refractivity contribution is 0.0274. The van der Waals surface area contributed by atoms with Crippen LogP contribution in [0.1, 0.15) is 28.4 Å². The van der Waals surface area contributed by atoms with Gasteiger partial charge in [0.15, 0.2) is 15.7 Å². The molecule has 0 radical (unpaired) electrons. The van der Waals surface area contributed by atoms with Crippen molar-refractivity contribution in [2.75, 3.05) is 32.1 Å². The molecule has 2 aliphatic heterocycles. The van der Waals surface area contributed by atoms with Crippen molar-refractivity contribution in [3.05, 3.63) is 87.8 Å². The number of sulfonamides is 1. The van der Waals surface area contributed by atoms with Crippen molar-refractivity contribution in [2.24, 2.45) is 0 Å². The van der Waals surface area contributed by atoms with E-state index in [0.717, 1.165) is 17.6 Å². The molecule has 39 heavy (non-hydrogen) atoms. The summed E-state index contributed by atoms with van der Waals surface area (Å²) >= 11 is 0. The zero-order chi connectivity index (χ0) is 27.8. The summed E-state index contributed by atoms with van der Waals surface area (Å²) < 4.78 is 100. The topological polar surface area (TPSA) is 111 Å². The molecule has 2 aliphatic rings. The van der Waals surface area contributed by atoms with Crippen molar-refractivity contribution < 1.29 is 34.7 Å². The number of aromatic nitrogens is 2. The predicted octanol–water partition coefficient (Wildman–Crippen LogP) is 2.68. The number of benzene rings is 2. The van der Waals surface area contributed by atoms with Gasteiger partial charge >= 0.3 is 0 Å². The lowest BCUT2D eigenvalue weighted by Gasteiger charge is -2.26. The number of rotatable bonds is 7. The number of fused-ring (bicyclic) bond motifs is 1. The first-order chi connectivity index (χ1) is 18.5. The van der Waals surface area contributed by atoms with Gasteiger partial charge in [-0.1, -0.05) is 12.1 Å². The van der Waals surface area contributed by atoms with E-state index in [1.807, 2.05) is 0 Å². The average Bonchev–Trinajstić information content (AvgIpc) is 3.20. The summed E-state index contributed by atoms with van der Waals surface area (Å²) in [6.07, 6.45) is 1.25. The third-order valence-corrected chi connectivity index (χ3v) is 9.09. The van der Waals surface area contributed by atoms with Crippen molar-refractivity contribution in [1.29, 1.82) is 0 Å². The van der Waals surface area contributed by atoms with Gasteiger partial charge in [0.1, 0.15) is 17.3 Å². The third-order valence-electron chi connectivity index (χ3n) is 6.44. The molecule has 1 N–H and O–H groups in total. The molecule has 0 saturated carbocycles. The van der Waals surface area contributed by atoms with Crippen molar-refractivity contribution in [3.63, 3.8) is 0 Å². The molecule has 3 heterocycles. The first kappa shape index (κ1) is 27.5. The second-order valence-electron chi connectivity index (χ2n) is 9.38. The van der Waals surface area contributed by atoms with Crippen LogP contribution in [0.4, 0.5) is 13.2 Å². The smallest absolute Gasteiger partial charge is 0.246 e. The Hall–Kier alpha value is -3.04. The van der Waals surface area contributed by atoms with E-state index in [2.05, 4.69) is 9.93 Å². The maximum Gasteiger partial charge on any atom is 0.246 e. The van der Waals surface area contributed by atoms with Crippen LogP contribution in [-0.2, 0) is 36.8 Å². The second kappa shape index (κ2) is 10.8. The molecule has 0 amide bonds. The van der Waals surface area contributed by atoms with E-state index in [9.17, 15) is 30.0 Å². The lowest BCUT2D eigenvalue weighted by atomic mass is 9.94. The van der Waals surface area contributed by atoms with Crippen LogP contribution in [0.3, 0.4) is 0 Å². The number of nitrogens with one attached hydrogen (secondary N) is 1. The van der Waals surface area contributed by atoms with Crippen LogP contribution in [0.2, 0.25) is 0 Å². The fourth-order valence-corrected chi connectivity index (χ4v) is 7.46. The number of ether oxygens (including phenoxy) is 1. The molecule has 2 aromatic carbocycles. The SMILES string of the molecule is O=S1(=O)Cc2c(/C=C/S(=O)(=O)NN3CCOCC3)nn(-c3ccc(F)cc3F)c2C(Cc2cccc(F)c2)C1. The van der Waals surface area contributed by atoms with Gasteiger partial charge in [-0.25, -0.2) is 39.7 Å². The van der Waals surface area contributed by atoms with Crippen molar-refractivity contribution >= 4 is 25.9 Å². The Morgan fingerprint density at radius 2 is 1.82 bits per heavy atom. The highest BCUT2D eigenvalue weighted by atomic mass is 32.2. The molecule has 1 atom stereocenters. The molecule has 1 unspecified atom stereocenters. The summed E-state index contributed by atoms with van der Waals surface area (Å²) in [5.74, 6) is -3.77. The Morgan fingerprint density at radius 1 is 1.08 bits per heavy atom. The van der Waals surface area contributed by atoms with Crippen LogP contribution in [0.25, 0.3) is 11.8 Å². The number of hydrazine groups is 1. The van der Waals surface area contributed by atoms with Crippen LogP contribution in [0.5, 0.6) is 0 Å². The number of hydrogen-bond acceptors (Lipinski definition) is 7. The highest BCUT2D eigenvalue weighted by Crippen LogP contribution is 2.37. The van der Waals surface area contributed by atoms with Gasteiger partial charge in [-0.3, -0.25) is 0 Å².